The Labute approximate surface area is 168 Å². The van der Waals surface area contributed by atoms with Gasteiger partial charge in [-0.3, -0.25) is 0 Å². The molecule has 0 aliphatic carbocycles. The molecule has 1 aromatic heterocycles. The molecule has 154 valence electrons. The minimum Gasteiger partial charge on any atom is -0.494 e. The van der Waals surface area contributed by atoms with Crippen molar-refractivity contribution in [3.8, 4) is 5.75 Å². The Morgan fingerprint density at radius 3 is 2.54 bits per heavy atom. The van der Waals surface area contributed by atoms with E-state index in [1.165, 1.54) is 5.56 Å². The van der Waals surface area contributed by atoms with Crippen LogP contribution in [0.25, 0.3) is 0 Å². The van der Waals surface area contributed by atoms with E-state index in [1.54, 1.807) is 6.20 Å². The first-order valence-electron chi connectivity index (χ1n) is 10.1. The Hall–Kier alpha value is -2.50. The monoisotopic (exact) mass is 386 g/mol. The summed E-state index contributed by atoms with van der Waals surface area (Å²) < 4.78 is 11.5. The van der Waals surface area contributed by atoms with E-state index in [0.29, 0.717) is 19.0 Å². The average molecular weight is 387 g/mol. The normalized spacial score (nSPS) is 12.1. The highest BCUT2D eigenvalue weighted by Gasteiger charge is 2.18. The molecule has 2 aromatic rings. The van der Waals surface area contributed by atoms with Crippen LogP contribution >= 0.6 is 0 Å². The van der Waals surface area contributed by atoms with Gasteiger partial charge in [-0.05, 0) is 38.8 Å². The number of nitrogens with one attached hydrogen (secondary N) is 2. The predicted molar refractivity (Wildman–Crippen MR) is 114 cm³/mol. The molecule has 0 aliphatic rings. The lowest BCUT2D eigenvalue weighted by Crippen LogP contribution is -2.37. The second kappa shape index (κ2) is 10.7. The van der Waals surface area contributed by atoms with Gasteiger partial charge in [0, 0.05) is 18.5 Å². The third-order valence-electron chi connectivity index (χ3n) is 4.16. The number of benzene rings is 1. The topological polar surface area (TPSA) is 71.7 Å². The van der Waals surface area contributed by atoms with Crippen LogP contribution in [0.4, 0.5) is 0 Å². The zero-order valence-corrected chi connectivity index (χ0v) is 17.8. The van der Waals surface area contributed by atoms with Crippen LogP contribution in [0, 0.1) is 6.92 Å². The maximum absolute atomic E-state index is 5.79. The van der Waals surface area contributed by atoms with Crippen molar-refractivity contribution >= 4 is 5.96 Å². The van der Waals surface area contributed by atoms with E-state index in [1.807, 2.05) is 12.1 Å². The lowest BCUT2D eigenvalue weighted by Gasteiger charge is -2.13. The third kappa shape index (κ3) is 7.62. The summed E-state index contributed by atoms with van der Waals surface area (Å²) in [7, 11) is 0. The zero-order chi connectivity index (χ0) is 20.4. The van der Waals surface area contributed by atoms with E-state index >= 15 is 0 Å². The molecule has 0 aliphatic heterocycles. The summed E-state index contributed by atoms with van der Waals surface area (Å²) in [6.07, 6.45) is 3.78. The zero-order valence-electron chi connectivity index (χ0n) is 17.8. The summed E-state index contributed by atoms with van der Waals surface area (Å²) in [5, 5.41) is 6.60. The van der Waals surface area contributed by atoms with E-state index in [4.69, 9.17) is 9.15 Å². The first-order valence-corrected chi connectivity index (χ1v) is 10.1. The van der Waals surface area contributed by atoms with Gasteiger partial charge >= 0.3 is 0 Å². The molecule has 28 heavy (non-hydrogen) atoms. The van der Waals surface area contributed by atoms with Crippen molar-refractivity contribution in [2.24, 2.45) is 4.99 Å². The molecule has 1 heterocycles. The van der Waals surface area contributed by atoms with E-state index in [-0.39, 0.29) is 5.41 Å². The quantitative estimate of drug-likeness (QED) is 0.384. The number of guanidine groups is 1. The number of hydrogen-bond donors (Lipinski definition) is 2. The van der Waals surface area contributed by atoms with Crippen LogP contribution in [0.15, 0.2) is 39.9 Å². The predicted octanol–water partition coefficient (Wildman–Crippen LogP) is 4.19. The number of rotatable bonds is 9. The van der Waals surface area contributed by atoms with Crippen molar-refractivity contribution in [3.63, 3.8) is 0 Å². The summed E-state index contributed by atoms with van der Waals surface area (Å²) >= 11 is 0. The van der Waals surface area contributed by atoms with Gasteiger partial charge in [0.15, 0.2) is 5.96 Å². The molecule has 0 bridgehead atoms. The highest BCUT2D eigenvalue weighted by Crippen LogP contribution is 2.22. The van der Waals surface area contributed by atoms with E-state index in [2.05, 4.69) is 67.4 Å². The lowest BCUT2D eigenvalue weighted by atomic mass is 9.94. The first kappa shape index (κ1) is 21.8. The van der Waals surface area contributed by atoms with Crippen LogP contribution in [-0.4, -0.2) is 30.6 Å². The maximum Gasteiger partial charge on any atom is 0.216 e. The Morgan fingerprint density at radius 2 is 1.89 bits per heavy atom. The third-order valence-corrected chi connectivity index (χ3v) is 4.16. The fourth-order valence-electron chi connectivity index (χ4n) is 2.48. The standard InChI is InChI=1S/C22H34N4O2/c1-6-23-21(26-16-20-25-15-19(28-20)22(3,4)5)24-13-7-8-14-27-18-11-9-17(2)10-12-18/h9-12,15H,6-8,13-14,16H2,1-5H3,(H2,23,24,26). The molecule has 0 unspecified atom stereocenters. The summed E-state index contributed by atoms with van der Waals surface area (Å²) in [5.41, 5.74) is 1.20. The second-order valence-electron chi connectivity index (χ2n) is 7.86. The summed E-state index contributed by atoms with van der Waals surface area (Å²) in [4.78, 5) is 8.88. The highest BCUT2D eigenvalue weighted by molar-refractivity contribution is 5.79. The smallest absolute Gasteiger partial charge is 0.216 e. The number of unbranched alkanes of at least 4 members (excludes halogenated alkanes) is 1. The maximum atomic E-state index is 5.79. The summed E-state index contributed by atoms with van der Waals surface area (Å²) in [5.74, 6) is 3.21. The Kier molecular flexibility index (Phi) is 8.36. The number of oxazole rings is 1. The number of nitrogens with zero attached hydrogens (tertiary/aromatic N) is 2. The molecule has 0 spiro atoms. The van der Waals surface area contributed by atoms with Crippen molar-refractivity contribution in [1.82, 2.24) is 15.6 Å². The van der Waals surface area contributed by atoms with Crippen LogP contribution in [-0.2, 0) is 12.0 Å². The Bertz CT molecular complexity index is 730. The van der Waals surface area contributed by atoms with E-state index in [0.717, 1.165) is 43.4 Å². The average Bonchev–Trinajstić information content (AvgIpc) is 3.13. The first-order chi connectivity index (χ1) is 13.4. The minimum absolute atomic E-state index is 0.0433. The Balaban J connectivity index is 1.70. The van der Waals surface area contributed by atoms with Gasteiger partial charge in [0.2, 0.25) is 5.89 Å². The van der Waals surface area contributed by atoms with Crippen molar-refractivity contribution < 1.29 is 9.15 Å². The van der Waals surface area contributed by atoms with Gasteiger partial charge in [0.1, 0.15) is 18.1 Å². The molecular weight excluding hydrogens is 352 g/mol. The van der Waals surface area contributed by atoms with Crippen LogP contribution in [0.2, 0.25) is 0 Å². The van der Waals surface area contributed by atoms with Crippen LogP contribution < -0.4 is 15.4 Å². The molecule has 0 saturated carbocycles. The Morgan fingerprint density at radius 1 is 1.14 bits per heavy atom. The SMILES string of the molecule is CCNC(=NCc1ncc(C(C)(C)C)o1)NCCCCOc1ccc(C)cc1. The number of aromatic nitrogens is 1. The fraction of sp³-hybridized carbons (Fsp3) is 0.545. The molecular formula is C22H34N4O2. The van der Waals surface area contributed by atoms with Gasteiger partial charge in [-0.1, -0.05) is 38.5 Å². The van der Waals surface area contributed by atoms with Crippen LogP contribution in [0.3, 0.4) is 0 Å². The van der Waals surface area contributed by atoms with Gasteiger partial charge < -0.3 is 19.8 Å². The molecule has 0 atom stereocenters. The van der Waals surface area contributed by atoms with Crippen LogP contribution in [0.1, 0.15) is 57.8 Å². The molecule has 0 radical (unpaired) electrons. The van der Waals surface area contributed by atoms with Crippen molar-refractivity contribution in [2.75, 3.05) is 19.7 Å². The van der Waals surface area contributed by atoms with Gasteiger partial charge in [-0.25, -0.2) is 9.98 Å². The fourth-order valence-corrected chi connectivity index (χ4v) is 2.48. The molecule has 0 fully saturated rings. The number of aliphatic imine (C=N–C) groups is 1. The molecule has 6 heteroatoms. The van der Waals surface area contributed by atoms with Crippen molar-refractivity contribution in [3.05, 3.63) is 47.7 Å². The largest absolute Gasteiger partial charge is 0.494 e. The molecule has 2 rings (SSSR count). The molecule has 6 nitrogen and oxygen atoms in total. The highest BCUT2D eigenvalue weighted by atomic mass is 16.5. The molecule has 0 saturated heterocycles. The van der Waals surface area contributed by atoms with Crippen molar-refractivity contribution in [1.29, 1.82) is 0 Å². The summed E-state index contributed by atoms with van der Waals surface area (Å²) in [6.45, 7) is 13.2. The van der Waals surface area contributed by atoms with Gasteiger partial charge in [0.05, 0.1) is 12.8 Å². The van der Waals surface area contributed by atoms with E-state index < -0.39 is 0 Å². The second-order valence-corrected chi connectivity index (χ2v) is 7.86. The van der Waals surface area contributed by atoms with Gasteiger partial charge in [-0.2, -0.15) is 0 Å². The molecule has 2 N–H and O–H groups in total. The number of aryl methyl sites for hydroxylation is 1. The van der Waals surface area contributed by atoms with Crippen LogP contribution in [0.5, 0.6) is 5.75 Å². The van der Waals surface area contributed by atoms with Gasteiger partial charge in [-0.15, -0.1) is 0 Å². The molecule has 0 amide bonds. The van der Waals surface area contributed by atoms with Gasteiger partial charge in [0.25, 0.3) is 0 Å². The summed E-state index contributed by atoms with van der Waals surface area (Å²) in [6, 6.07) is 8.15. The minimum atomic E-state index is -0.0433. The molecule has 1 aromatic carbocycles. The van der Waals surface area contributed by atoms with Crippen molar-refractivity contribution in [2.45, 2.75) is 59.4 Å². The van der Waals surface area contributed by atoms with E-state index in [9.17, 15) is 0 Å². The number of ether oxygens (including phenoxy) is 1. The number of hydrogen-bond acceptors (Lipinski definition) is 4. The lowest BCUT2D eigenvalue weighted by molar-refractivity contribution is 0.307.